The van der Waals surface area contributed by atoms with Gasteiger partial charge in [0.2, 0.25) is 17.6 Å². The molecule has 43 heavy (non-hydrogen) atoms. The summed E-state index contributed by atoms with van der Waals surface area (Å²) in [5.41, 5.74) is -0.388. The van der Waals surface area contributed by atoms with E-state index in [1.807, 2.05) is 71.9 Å². The smallest absolute Gasteiger partial charge is 0.408 e. The van der Waals surface area contributed by atoms with Crippen LogP contribution in [-0.4, -0.2) is 71.3 Å². The third kappa shape index (κ3) is 10.7. The van der Waals surface area contributed by atoms with Crippen LogP contribution in [0.4, 0.5) is 4.79 Å². The van der Waals surface area contributed by atoms with Crippen molar-refractivity contribution < 1.29 is 28.7 Å². The number of amides is 4. The molecule has 240 valence electrons. The predicted octanol–water partition coefficient (Wildman–Crippen LogP) is 4.01. The molecule has 1 fully saturated rings. The first kappa shape index (κ1) is 35.8. The van der Waals surface area contributed by atoms with Gasteiger partial charge < -0.3 is 25.6 Å². The number of hydrogen-bond acceptors (Lipinski definition) is 6. The Morgan fingerprint density at radius 1 is 0.977 bits per heavy atom. The van der Waals surface area contributed by atoms with Crippen LogP contribution in [0.25, 0.3) is 0 Å². The van der Waals surface area contributed by atoms with Gasteiger partial charge >= 0.3 is 6.09 Å². The molecule has 1 saturated heterocycles. The molecule has 0 aliphatic carbocycles. The van der Waals surface area contributed by atoms with E-state index in [1.54, 1.807) is 20.8 Å². The molecule has 1 aromatic carbocycles. The summed E-state index contributed by atoms with van der Waals surface area (Å²) in [4.78, 5) is 68.0. The highest BCUT2D eigenvalue weighted by Crippen LogP contribution is 2.33. The number of ketones is 1. The molecular weight excluding hydrogens is 548 g/mol. The van der Waals surface area contributed by atoms with Gasteiger partial charge in [-0.2, -0.15) is 0 Å². The second-order valence-corrected chi connectivity index (χ2v) is 13.8. The van der Waals surface area contributed by atoms with E-state index in [4.69, 9.17) is 4.74 Å². The average molecular weight is 601 g/mol. The molecule has 2 rings (SSSR count). The number of rotatable bonds is 12. The monoisotopic (exact) mass is 600 g/mol. The topological polar surface area (TPSA) is 134 Å². The van der Waals surface area contributed by atoms with Crippen molar-refractivity contribution >= 4 is 29.6 Å². The van der Waals surface area contributed by atoms with Crippen molar-refractivity contribution in [1.82, 2.24) is 20.9 Å². The molecule has 3 N–H and O–H groups in total. The SMILES string of the molecule is CCCC(NC(=O)[C@@H]1[C@@H](C(C)C)CCN1C(=O)[C@@H](NC(=O)OC(C)(C)C)C(C)(C)C)C(=O)C(=O)NCCc1ccccc1. The maximum atomic E-state index is 14.0. The maximum absolute atomic E-state index is 14.0. The van der Waals surface area contributed by atoms with Gasteiger partial charge in [-0.15, -0.1) is 0 Å². The number of ether oxygens (including phenoxy) is 1. The lowest BCUT2D eigenvalue weighted by molar-refractivity contribution is -0.145. The number of Topliss-reactive ketones (excluding diaryl/α,β-unsaturated/α-hetero) is 1. The Morgan fingerprint density at radius 3 is 2.14 bits per heavy atom. The molecule has 10 nitrogen and oxygen atoms in total. The Hall–Kier alpha value is -3.43. The van der Waals surface area contributed by atoms with Crippen LogP contribution in [0.2, 0.25) is 0 Å². The van der Waals surface area contributed by atoms with Gasteiger partial charge in [-0.1, -0.05) is 78.3 Å². The Bertz CT molecular complexity index is 1120. The number of hydrogen-bond donors (Lipinski definition) is 3. The van der Waals surface area contributed by atoms with Crippen molar-refractivity contribution in [3.05, 3.63) is 35.9 Å². The quantitative estimate of drug-likeness (QED) is 0.311. The zero-order valence-corrected chi connectivity index (χ0v) is 27.4. The third-order valence-electron chi connectivity index (χ3n) is 7.60. The van der Waals surface area contributed by atoms with Crippen LogP contribution in [-0.2, 0) is 30.3 Å². The van der Waals surface area contributed by atoms with Gasteiger partial charge in [0, 0.05) is 13.1 Å². The number of carbonyl (C=O) groups is 5. The molecule has 0 saturated carbocycles. The number of nitrogens with one attached hydrogen (secondary N) is 3. The van der Waals surface area contributed by atoms with E-state index in [-0.39, 0.29) is 18.3 Å². The van der Waals surface area contributed by atoms with Gasteiger partial charge in [0.15, 0.2) is 0 Å². The van der Waals surface area contributed by atoms with Crippen LogP contribution in [0.1, 0.15) is 87.1 Å². The summed E-state index contributed by atoms with van der Waals surface area (Å²) in [5, 5.41) is 8.22. The highest BCUT2D eigenvalue weighted by atomic mass is 16.6. The van der Waals surface area contributed by atoms with Gasteiger partial charge in [0.1, 0.15) is 17.7 Å². The zero-order chi connectivity index (χ0) is 32.5. The maximum Gasteiger partial charge on any atom is 0.408 e. The number of likely N-dealkylation sites (tertiary alicyclic amines) is 1. The van der Waals surface area contributed by atoms with Crippen LogP contribution in [0.15, 0.2) is 30.3 Å². The lowest BCUT2D eigenvalue weighted by Gasteiger charge is -2.37. The lowest BCUT2D eigenvalue weighted by atomic mass is 9.84. The van der Waals surface area contributed by atoms with Crippen LogP contribution >= 0.6 is 0 Å². The predicted molar refractivity (Wildman–Crippen MR) is 166 cm³/mol. The molecule has 0 spiro atoms. The highest BCUT2D eigenvalue weighted by molar-refractivity contribution is 6.38. The molecule has 1 aromatic rings. The lowest BCUT2D eigenvalue weighted by Crippen LogP contribution is -2.60. The molecule has 10 heteroatoms. The van der Waals surface area contributed by atoms with E-state index >= 15 is 0 Å². The van der Waals surface area contributed by atoms with Crippen LogP contribution in [0.3, 0.4) is 0 Å². The van der Waals surface area contributed by atoms with E-state index < -0.39 is 58.7 Å². The Labute approximate surface area is 257 Å². The molecule has 0 radical (unpaired) electrons. The van der Waals surface area contributed by atoms with Crippen molar-refractivity contribution in [2.75, 3.05) is 13.1 Å². The molecule has 1 aliphatic rings. The van der Waals surface area contributed by atoms with Crippen molar-refractivity contribution in [3.8, 4) is 0 Å². The molecule has 1 heterocycles. The number of carbonyl (C=O) groups excluding carboxylic acids is 5. The minimum atomic E-state index is -1.02. The largest absolute Gasteiger partial charge is 0.444 e. The second kappa shape index (κ2) is 15.3. The summed E-state index contributed by atoms with van der Waals surface area (Å²) in [7, 11) is 0. The first-order valence-electron chi connectivity index (χ1n) is 15.4. The third-order valence-corrected chi connectivity index (χ3v) is 7.60. The van der Waals surface area contributed by atoms with Gasteiger partial charge in [-0.05, 0) is 62.8 Å². The van der Waals surface area contributed by atoms with E-state index in [1.165, 1.54) is 4.90 Å². The highest BCUT2D eigenvalue weighted by Gasteiger charge is 2.47. The van der Waals surface area contributed by atoms with Crippen molar-refractivity contribution in [1.29, 1.82) is 0 Å². The molecule has 0 bridgehead atoms. The molecule has 0 aromatic heterocycles. The van der Waals surface area contributed by atoms with E-state index in [0.717, 1.165) is 5.56 Å². The molecular formula is C33H52N4O6. The fraction of sp³-hybridized carbons (Fsp3) is 0.667. The van der Waals surface area contributed by atoms with Crippen molar-refractivity contribution in [3.63, 3.8) is 0 Å². The fourth-order valence-electron chi connectivity index (χ4n) is 5.36. The van der Waals surface area contributed by atoms with E-state index in [0.29, 0.717) is 32.4 Å². The van der Waals surface area contributed by atoms with E-state index in [9.17, 15) is 24.0 Å². The molecule has 4 amide bonds. The minimum absolute atomic E-state index is 0.0714. The summed E-state index contributed by atoms with van der Waals surface area (Å²) >= 11 is 0. The van der Waals surface area contributed by atoms with Gasteiger partial charge in [0.25, 0.3) is 5.91 Å². The van der Waals surface area contributed by atoms with Gasteiger partial charge in [-0.25, -0.2) is 4.79 Å². The number of nitrogens with zero attached hydrogens (tertiary/aromatic N) is 1. The first-order chi connectivity index (χ1) is 20.0. The van der Waals surface area contributed by atoms with E-state index in [2.05, 4.69) is 16.0 Å². The fourth-order valence-corrected chi connectivity index (χ4v) is 5.36. The Kier molecular flexibility index (Phi) is 12.8. The standard InChI is InChI=1S/C33H52N4O6/c1-10-14-24(26(38)29(40)34-19-17-22-15-12-11-13-16-22)35-28(39)25-23(21(2)3)18-20-37(25)30(41)27(32(4,5)6)36-31(42)43-33(7,8)9/h11-13,15-16,21,23-25,27H,10,14,17-20H2,1-9H3,(H,34,40)(H,35,39)(H,36,42)/t23-,24?,25+,27-/m1/s1. The molecule has 4 atom stereocenters. The van der Waals surface area contributed by atoms with Crippen LogP contribution < -0.4 is 16.0 Å². The molecule has 1 aliphatic heterocycles. The van der Waals surface area contributed by atoms with Crippen molar-refractivity contribution in [2.24, 2.45) is 17.3 Å². The number of benzene rings is 1. The van der Waals surface area contributed by atoms with Crippen molar-refractivity contribution in [2.45, 2.75) is 112 Å². The Morgan fingerprint density at radius 2 is 1.60 bits per heavy atom. The van der Waals surface area contributed by atoms with Gasteiger partial charge in [0.05, 0.1) is 6.04 Å². The first-order valence-corrected chi connectivity index (χ1v) is 15.4. The van der Waals surface area contributed by atoms with Crippen LogP contribution in [0.5, 0.6) is 0 Å². The van der Waals surface area contributed by atoms with Crippen LogP contribution in [0, 0.1) is 17.3 Å². The molecule has 1 unspecified atom stereocenters. The Balaban J connectivity index is 2.22. The average Bonchev–Trinajstić information content (AvgIpc) is 3.35. The summed E-state index contributed by atoms with van der Waals surface area (Å²) < 4.78 is 5.42. The van der Waals surface area contributed by atoms with Gasteiger partial charge in [-0.3, -0.25) is 19.2 Å². The minimum Gasteiger partial charge on any atom is -0.444 e. The zero-order valence-electron chi connectivity index (χ0n) is 27.4. The number of alkyl carbamates (subject to hydrolysis) is 1. The summed E-state index contributed by atoms with van der Waals surface area (Å²) in [5.74, 6) is -2.41. The summed E-state index contributed by atoms with van der Waals surface area (Å²) in [6.45, 7) is 17.2. The normalized spacial score (nSPS) is 18.5. The summed E-state index contributed by atoms with van der Waals surface area (Å²) in [6.07, 6.45) is 1.31. The summed E-state index contributed by atoms with van der Waals surface area (Å²) in [6, 6.07) is 6.80. The second-order valence-electron chi connectivity index (χ2n) is 13.8.